The summed E-state index contributed by atoms with van der Waals surface area (Å²) in [6, 6.07) is 14.0. The lowest BCUT2D eigenvalue weighted by Crippen LogP contribution is -2.34. The molecule has 0 amide bonds. The van der Waals surface area contributed by atoms with Gasteiger partial charge in [-0.3, -0.25) is 4.79 Å². The molecular formula is C25H28N2O2. The molecule has 150 valence electrons. The molecule has 0 spiro atoms. The molecule has 0 fully saturated rings. The lowest BCUT2D eigenvalue weighted by Gasteiger charge is -2.29. The van der Waals surface area contributed by atoms with Crippen LogP contribution >= 0.6 is 0 Å². The summed E-state index contributed by atoms with van der Waals surface area (Å²) in [5, 5.41) is 4.42. The smallest absolute Gasteiger partial charge is 0.198 e. The fraction of sp³-hybridized carbons (Fsp3) is 0.320. The van der Waals surface area contributed by atoms with Gasteiger partial charge in [-0.05, 0) is 50.5 Å². The Morgan fingerprint density at radius 1 is 1.14 bits per heavy atom. The highest BCUT2D eigenvalue weighted by atomic mass is 16.5. The van der Waals surface area contributed by atoms with Gasteiger partial charge in [0.15, 0.2) is 11.9 Å². The fourth-order valence-corrected chi connectivity index (χ4v) is 3.63. The number of carbonyl (C=O) groups is 1. The van der Waals surface area contributed by atoms with Crippen LogP contribution in [-0.2, 0) is 0 Å². The molecule has 2 heterocycles. The van der Waals surface area contributed by atoms with Gasteiger partial charge in [-0.25, -0.2) is 0 Å². The molecule has 4 rings (SSSR count). The van der Waals surface area contributed by atoms with Crippen LogP contribution in [0.5, 0.6) is 5.75 Å². The highest BCUT2D eigenvalue weighted by Crippen LogP contribution is 2.41. The van der Waals surface area contributed by atoms with E-state index in [0.29, 0.717) is 22.8 Å². The number of hydrogen-bond donors (Lipinski definition) is 2. The van der Waals surface area contributed by atoms with Crippen molar-refractivity contribution < 1.29 is 9.53 Å². The molecule has 2 aromatic carbocycles. The molecule has 1 atom stereocenters. The molecule has 4 nitrogen and oxygen atoms in total. The Balaban J connectivity index is 1.85. The average molecular weight is 389 g/mol. The normalized spacial score (nSPS) is 18.2. The molecule has 1 aromatic heterocycles. The number of rotatable bonds is 3. The maximum Gasteiger partial charge on any atom is 0.198 e. The predicted molar refractivity (Wildman–Crippen MR) is 118 cm³/mol. The molecule has 1 aliphatic heterocycles. The number of para-hydroxylation sites is 1. The number of Topliss-reactive ketones (excluding diaryl/α,β-unsaturated/α-hetero) is 1. The summed E-state index contributed by atoms with van der Waals surface area (Å²) in [4.78, 5) is 16.9. The first-order valence-electron chi connectivity index (χ1n) is 10.1. The Morgan fingerprint density at radius 3 is 2.62 bits per heavy atom. The van der Waals surface area contributed by atoms with Crippen LogP contribution in [-0.4, -0.2) is 16.3 Å². The molecule has 1 unspecified atom stereocenters. The lowest BCUT2D eigenvalue weighted by molar-refractivity contribution is 0.0960. The van der Waals surface area contributed by atoms with E-state index in [4.69, 9.17) is 4.74 Å². The largest absolute Gasteiger partial charge is 0.480 e. The first-order chi connectivity index (χ1) is 13.7. The third-order valence-corrected chi connectivity index (χ3v) is 5.27. The number of ether oxygens (including phenoxy) is 1. The van der Waals surface area contributed by atoms with Crippen molar-refractivity contribution in [2.45, 2.75) is 52.2 Å². The van der Waals surface area contributed by atoms with Crippen LogP contribution in [0.25, 0.3) is 10.9 Å². The summed E-state index contributed by atoms with van der Waals surface area (Å²) in [5.41, 5.74) is 4.23. The molecule has 0 saturated heterocycles. The van der Waals surface area contributed by atoms with E-state index in [1.54, 1.807) is 0 Å². The standard InChI is InChI=1S/C25H28N2O2/c1-15(2)16-10-11-22-18(12-16)23(28)20(14-27-25(3,4)5)24(29-22)19-13-26-21-9-7-6-8-17(19)21/h6-15,24,26-27H,1-5H3/b20-14+. The number of aromatic amines is 1. The van der Waals surface area contributed by atoms with Gasteiger partial charge < -0.3 is 15.0 Å². The summed E-state index contributed by atoms with van der Waals surface area (Å²) >= 11 is 0. The predicted octanol–water partition coefficient (Wildman–Crippen LogP) is 5.88. The minimum absolute atomic E-state index is 0.0146. The number of fused-ring (bicyclic) bond motifs is 2. The first-order valence-corrected chi connectivity index (χ1v) is 10.1. The summed E-state index contributed by atoms with van der Waals surface area (Å²) in [6.07, 6.45) is 3.31. The number of nitrogens with one attached hydrogen (secondary N) is 2. The van der Waals surface area contributed by atoms with E-state index in [1.165, 1.54) is 0 Å². The molecule has 1 aliphatic rings. The van der Waals surface area contributed by atoms with Crippen molar-refractivity contribution in [1.82, 2.24) is 10.3 Å². The minimum Gasteiger partial charge on any atom is -0.480 e. The highest BCUT2D eigenvalue weighted by molar-refractivity contribution is 6.12. The van der Waals surface area contributed by atoms with Crippen molar-refractivity contribution in [2.75, 3.05) is 0 Å². The topological polar surface area (TPSA) is 54.1 Å². The number of hydrogen-bond acceptors (Lipinski definition) is 3. The summed E-state index contributed by atoms with van der Waals surface area (Å²) in [6.45, 7) is 10.5. The molecule has 2 N–H and O–H groups in total. The number of benzene rings is 2. The summed E-state index contributed by atoms with van der Waals surface area (Å²) in [7, 11) is 0. The SMILES string of the molecule is CC(C)c1ccc2c(c1)C(=O)/C(=C\NC(C)(C)C)C(c1c[nH]c3ccccc13)O2. The zero-order chi connectivity index (χ0) is 20.8. The van der Waals surface area contributed by atoms with Crippen molar-refractivity contribution in [3.63, 3.8) is 0 Å². The van der Waals surface area contributed by atoms with Gasteiger partial charge in [0, 0.05) is 34.4 Å². The van der Waals surface area contributed by atoms with Crippen LogP contribution in [0.2, 0.25) is 0 Å². The molecule has 0 aliphatic carbocycles. The number of ketones is 1. The van der Waals surface area contributed by atoms with E-state index in [1.807, 2.05) is 48.8 Å². The second-order valence-electron chi connectivity index (χ2n) is 9.02. The minimum atomic E-state index is -0.467. The summed E-state index contributed by atoms with van der Waals surface area (Å²) in [5.74, 6) is 1.00. The van der Waals surface area contributed by atoms with Crippen LogP contribution in [0.15, 0.2) is 60.4 Å². The van der Waals surface area contributed by atoms with Crippen LogP contribution in [0.4, 0.5) is 0 Å². The Morgan fingerprint density at radius 2 is 1.90 bits per heavy atom. The third kappa shape index (κ3) is 3.67. The molecule has 0 radical (unpaired) electrons. The maximum atomic E-state index is 13.6. The Labute approximate surface area is 172 Å². The fourth-order valence-electron chi connectivity index (χ4n) is 3.63. The first kappa shape index (κ1) is 19.3. The Bertz CT molecular complexity index is 1100. The van der Waals surface area contributed by atoms with Gasteiger partial charge in [-0.1, -0.05) is 38.1 Å². The second-order valence-corrected chi connectivity index (χ2v) is 9.02. The molecule has 3 aromatic rings. The van der Waals surface area contributed by atoms with Gasteiger partial charge in [0.2, 0.25) is 0 Å². The third-order valence-electron chi connectivity index (χ3n) is 5.27. The van der Waals surface area contributed by atoms with Crippen LogP contribution in [0.3, 0.4) is 0 Å². The lowest BCUT2D eigenvalue weighted by atomic mass is 9.89. The van der Waals surface area contributed by atoms with Gasteiger partial charge in [-0.15, -0.1) is 0 Å². The van der Waals surface area contributed by atoms with Gasteiger partial charge in [0.25, 0.3) is 0 Å². The van der Waals surface area contributed by atoms with E-state index in [0.717, 1.165) is 22.0 Å². The Kier molecular flexibility index (Phi) is 4.73. The zero-order valence-electron chi connectivity index (χ0n) is 17.7. The quantitative estimate of drug-likeness (QED) is 0.551. The van der Waals surface area contributed by atoms with E-state index in [2.05, 4.69) is 51.0 Å². The molecular weight excluding hydrogens is 360 g/mol. The molecule has 29 heavy (non-hydrogen) atoms. The van der Waals surface area contributed by atoms with E-state index in [-0.39, 0.29) is 11.3 Å². The van der Waals surface area contributed by atoms with E-state index >= 15 is 0 Å². The van der Waals surface area contributed by atoms with Gasteiger partial charge >= 0.3 is 0 Å². The van der Waals surface area contributed by atoms with Crippen LogP contribution in [0, 0.1) is 0 Å². The number of carbonyl (C=O) groups excluding carboxylic acids is 1. The van der Waals surface area contributed by atoms with Crippen LogP contribution in [0.1, 0.15) is 68.1 Å². The summed E-state index contributed by atoms with van der Waals surface area (Å²) < 4.78 is 6.42. The van der Waals surface area contributed by atoms with E-state index in [9.17, 15) is 4.79 Å². The van der Waals surface area contributed by atoms with Crippen molar-refractivity contribution in [3.8, 4) is 5.75 Å². The van der Waals surface area contributed by atoms with E-state index < -0.39 is 6.10 Å². The van der Waals surface area contributed by atoms with Crippen molar-refractivity contribution in [2.24, 2.45) is 0 Å². The van der Waals surface area contributed by atoms with Gasteiger partial charge in [0.05, 0.1) is 11.1 Å². The molecule has 0 saturated carbocycles. The zero-order valence-corrected chi connectivity index (χ0v) is 17.7. The molecule has 0 bridgehead atoms. The number of H-pyrrole nitrogens is 1. The maximum absolute atomic E-state index is 13.6. The van der Waals surface area contributed by atoms with Crippen molar-refractivity contribution in [3.05, 3.63) is 77.1 Å². The van der Waals surface area contributed by atoms with Gasteiger partial charge in [-0.2, -0.15) is 0 Å². The average Bonchev–Trinajstić information content (AvgIpc) is 3.10. The van der Waals surface area contributed by atoms with Crippen LogP contribution < -0.4 is 10.1 Å². The van der Waals surface area contributed by atoms with Crippen molar-refractivity contribution in [1.29, 1.82) is 0 Å². The van der Waals surface area contributed by atoms with Crippen molar-refractivity contribution >= 4 is 16.7 Å². The second kappa shape index (κ2) is 7.11. The molecule has 4 heteroatoms. The Hall–Kier alpha value is -3.01. The monoisotopic (exact) mass is 388 g/mol. The highest BCUT2D eigenvalue weighted by Gasteiger charge is 2.35. The van der Waals surface area contributed by atoms with Gasteiger partial charge in [0.1, 0.15) is 5.75 Å². The number of aromatic nitrogens is 1.